The average Bonchev–Trinajstić information content (AvgIpc) is 3.04. The highest BCUT2D eigenvalue weighted by molar-refractivity contribution is 7.21. The van der Waals surface area contributed by atoms with Gasteiger partial charge in [0, 0.05) is 29.9 Å². The van der Waals surface area contributed by atoms with Crippen LogP contribution in [0.1, 0.15) is 15.2 Å². The summed E-state index contributed by atoms with van der Waals surface area (Å²) in [7, 11) is 3.07. The van der Waals surface area contributed by atoms with Gasteiger partial charge in [-0.05, 0) is 24.3 Å². The predicted molar refractivity (Wildman–Crippen MR) is 109 cm³/mol. The molecule has 0 saturated heterocycles. The van der Waals surface area contributed by atoms with E-state index in [9.17, 15) is 9.18 Å². The summed E-state index contributed by atoms with van der Waals surface area (Å²) < 4.78 is 30.8. The zero-order valence-electron chi connectivity index (χ0n) is 15.4. The van der Waals surface area contributed by atoms with Gasteiger partial charge >= 0.3 is 0 Å². The molecule has 5 nitrogen and oxygen atoms in total. The lowest BCUT2D eigenvalue weighted by Gasteiger charge is -2.14. The number of benzene rings is 2. The van der Waals surface area contributed by atoms with Crippen LogP contribution in [0.15, 0.2) is 36.4 Å². The fraction of sp³-hybridized carbons (Fsp3) is 0.250. The number of hydrogen-bond acceptors (Lipinski definition) is 5. The Morgan fingerprint density at radius 3 is 2.68 bits per heavy atom. The van der Waals surface area contributed by atoms with Crippen molar-refractivity contribution in [1.82, 2.24) is 0 Å². The molecule has 28 heavy (non-hydrogen) atoms. The number of carbonyl (C=O) groups excluding carboxylic acids is 1. The van der Waals surface area contributed by atoms with Crippen LogP contribution in [-0.2, 0) is 16.1 Å². The Morgan fingerprint density at radius 1 is 1.14 bits per heavy atom. The highest BCUT2D eigenvalue weighted by Gasteiger charge is 2.22. The van der Waals surface area contributed by atoms with E-state index in [1.165, 1.54) is 24.5 Å². The van der Waals surface area contributed by atoms with Crippen LogP contribution in [-0.4, -0.2) is 33.3 Å². The van der Waals surface area contributed by atoms with Crippen LogP contribution >= 0.6 is 22.9 Å². The molecular formula is C20H19ClFNO4S. The molecule has 0 saturated carbocycles. The van der Waals surface area contributed by atoms with Crippen molar-refractivity contribution in [3.63, 3.8) is 0 Å². The van der Waals surface area contributed by atoms with Gasteiger partial charge < -0.3 is 19.5 Å². The molecule has 0 radical (unpaired) electrons. The molecule has 0 bridgehead atoms. The lowest BCUT2D eigenvalue weighted by molar-refractivity contribution is 0.102. The fourth-order valence-electron chi connectivity index (χ4n) is 2.79. The molecule has 148 valence electrons. The maximum atomic E-state index is 14.3. The Morgan fingerprint density at radius 2 is 1.93 bits per heavy atom. The topological polar surface area (TPSA) is 56.8 Å². The third-order valence-corrected chi connectivity index (χ3v) is 5.50. The third kappa shape index (κ3) is 4.28. The summed E-state index contributed by atoms with van der Waals surface area (Å²) in [4.78, 5) is 13.4. The number of thiophene rings is 1. The Labute approximate surface area is 171 Å². The smallest absolute Gasteiger partial charge is 0.266 e. The van der Waals surface area contributed by atoms with Crippen molar-refractivity contribution in [2.75, 3.05) is 32.8 Å². The average molecular weight is 424 g/mol. The minimum atomic E-state index is -0.383. The maximum Gasteiger partial charge on any atom is 0.266 e. The summed E-state index contributed by atoms with van der Waals surface area (Å²) in [5, 5.41) is 3.59. The van der Waals surface area contributed by atoms with E-state index in [2.05, 4.69) is 5.32 Å². The summed E-state index contributed by atoms with van der Waals surface area (Å²) in [6.07, 6.45) is 0. The SMILES string of the molecule is COCCOc1c(Cl)cccc1NC(=O)c1sc2cccc(F)c2c1COC. The molecule has 2 aromatic carbocycles. The van der Waals surface area contributed by atoms with Crippen molar-refractivity contribution < 1.29 is 23.4 Å². The molecule has 3 aromatic rings. The number of anilines is 1. The molecule has 8 heteroatoms. The molecular weight excluding hydrogens is 405 g/mol. The summed E-state index contributed by atoms with van der Waals surface area (Å²) in [6, 6.07) is 9.83. The van der Waals surface area contributed by atoms with E-state index in [1.54, 1.807) is 37.4 Å². The van der Waals surface area contributed by atoms with Gasteiger partial charge in [-0.1, -0.05) is 23.7 Å². The first-order chi connectivity index (χ1) is 13.6. The quantitative estimate of drug-likeness (QED) is 0.511. The number of methoxy groups -OCH3 is 2. The van der Waals surface area contributed by atoms with Crippen molar-refractivity contribution >= 4 is 44.6 Å². The lowest BCUT2D eigenvalue weighted by atomic mass is 10.1. The van der Waals surface area contributed by atoms with E-state index in [4.69, 9.17) is 25.8 Å². The molecule has 3 rings (SSSR count). The molecule has 1 aromatic heterocycles. The van der Waals surface area contributed by atoms with Gasteiger partial charge in [0.15, 0.2) is 5.75 Å². The number of carbonyl (C=O) groups is 1. The maximum absolute atomic E-state index is 14.3. The van der Waals surface area contributed by atoms with Crippen LogP contribution in [0.25, 0.3) is 10.1 Å². The zero-order valence-corrected chi connectivity index (χ0v) is 17.0. The van der Waals surface area contributed by atoms with E-state index in [1.807, 2.05) is 0 Å². The molecule has 0 aliphatic heterocycles. The van der Waals surface area contributed by atoms with Gasteiger partial charge in [0.05, 0.1) is 28.8 Å². The first-order valence-corrected chi connectivity index (χ1v) is 9.66. The highest BCUT2D eigenvalue weighted by atomic mass is 35.5. The van der Waals surface area contributed by atoms with E-state index in [0.717, 1.165) is 0 Å². The van der Waals surface area contributed by atoms with Crippen LogP contribution < -0.4 is 10.1 Å². The lowest BCUT2D eigenvalue weighted by Crippen LogP contribution is -2.14. The highest BCUT2D eigenvalue weighted by Crippen LogP contribution is 2.36. The molecule has 0 aliphatic rings. The Kier molecular flexibility index (Phi) is 6.85. The van der Waals surface area contributed by atoms with Crippen molar-refractivity contribution in [3.05, 3.63) is 57.7 Å². The van der Waals surface area contributed by atoms with Crippen molar-refractivity contribution in [2.24, 2.45) is 0 Å². The fourth-order valence-corrected chi connectivity index (χ4v) is 4.14. The Balaban J connectivity index is 1.95. The number of hydrogen-bond donors (Lipinski definition) is 1. The van der Waals surface area contributed by atoms with Crippen LogP contribution in [0.3, 0.4) is 0 Å². The van der Waals surface area contributed by atoms with Gasteiger partial charge in [0.1, 0.15) is 12.4 Å². The molecule has 1 N–H and O–H groups in total. The summed E-state index contributed by atoms with van der Waals surface area (Å²) in [6.45, 7) is 0.786. The number of para-hydroxylation sites is 1. The molecule has 0 aliphatic carbocycles. The van der Waals surface area contributed by atoms with Crippen LogP contribution in [0.2, 0.25) is 5.02 Å². The number of fused-ring (bicyclic) bond motifs is 1. The largest absolute Gasteiger partial charge is 0.487 e. The first-order valence-electron chi connectivity index (χ1n) is 8.47. The van der Waals surface area contributed by atoms with Crippen molar-refractivity contribution in [2.45, 2.75) is 6.61 Å². The first kappa shape index (κ1) is 20.5. The van der Waals surface area contributed by atoms with Gasteiger partial charge in [0.25, 0.3) is 5.91 Å². The predicted octanol–water partition coefficient (Wildman–Crippen LogP) is 5.12. The summed E-state index contributed by atoms with van der Waals surface area (Å²) >= 11 is 7.43. The molecule has 0 atom stereocenters. The van der Waals surface area contributed by atoms with Gasteiger partial charge in [-0.2, -0.15) is 0 Å². The van der Waals surface area contributed by atoms with Gasteiger partial charge in [-0.15, -0.1) is 11.3 Å². The molecule has 0 fully saturated rings. The van der Waals surface area contributed by atoms with E-state index in [-0.39, 0.29) is 24.9 Å². The van der Waals surface area contributed by atoms with Gasteiger partial charge in [0.2, 0.25) is 0 Å². The van der Waals surface area contributed by atoms with E-state index in [0.29, 0.717) is 43.6 Å². The van der Waals surface area contributed by atoms with E-state index < -0.39 is 0 Å². The monoisotopic (exact) mass is 423 g/mol. The molecule has 1 amide bonds. The van der Waals surface area contributed by atoms with Crippen LogP contribution in [0.4, 0.5) is 10.1 Å². The summed E-state index contributed by atoms with van der Waals surface area (Å²) in [5.41, 5.74) is 0.942. The summed E-state index contributed by atoms with van der Waals surface area (Å²) in [5.74, 6) is -0.409. The second kappa shape index (κ2) is 9.34. The molecule has 0 spiro atoms. The van der Waals surface area contributed by atoms with Gasteiger partial charge in [-0.3, -0.25) is 4.79 Å². The minimum Gasteiger partial charge on any atom is -0.487 e. The van der Waals surface area contributed by atoms with Crippen LogP contribution in [0.5, 0.6) is 5.75 Å². The second-order valence-corrected chi connectivity index (χ2v) is 7.33. The minimum absolute atomic E-state index is 0.121. The third-order valence-electron chi connectivity index (χ3n) is 4.01. The Hall–Kier alpha value is -2.19. The second-order valence-electron chi connectivity index (χ2n) is 5.87. The standard InChI is InChI=1S/C20H19ClFNO4S/c1-25-9-10-27-18-13(21)5-3-7-15(18)23-20(24)19-12(11-26-2)17-14(22)6-4-8-16(17)28-19/h3-8H,9-11H2,1-2H3,(H,23,24). The molecule has 0 unspecified atom stereocenters. The normalized spacial score (nSPS) is 11.0. The number of nitrogens with one attached hydrogen (secondary N) is 1. The van der Waals surface area contributed by atoms with Gasteiger partial charge in [-0.25, -0.2) is 4.39 Å². The van der Waals surface area contributed by atoms with Crippen LogP contribution in [0, 0.1) is 5.82 Å². The number of amides is 1. The molecule has 1 heterocycles. The number of halogens is 2. The van der Waals surface area contributed by atoms with Crippen molar-refractivity contribution in [1.29, 1.82) is 0 Å². The van der Waals surface area contributed by atoms with Crippen molar-refractivity contribution in [3.8, 4) is 5.75 Å². The van der Waals surface area contributed by atoms with E-state index >= 15 is 0 Å². The Bertz CT molecular complexity index is 992. The number of rotatable bonds is 8. The zero-order chi connectivity index (χ0) is 20.1. The number of ether oxygens (including phenoxy) is 3.